The maximum Gasteiger partial charge on any atom is 0.425 e. The maximum atomic E-state index is 14.0. The predicted octanol–water partition coefficient (Wildman–Crippen LogP) is 2.80. The Morgan fingerprint density at radius 1 is 1.02 bits per heavy atom. The number of aliphatic hydroxyl groups is 2. The Kier molecular flexibility index (Phi) is 9.69. The molecule has 3 aromatic rings. The van der Waals surface area contributed by atoms with Gasteiger partial charge in [0.2, 0.25) is 5.95 Å². The molecule has 5 atom stereocenters. The summed E-state index contributed by atoms with van der Waals surface area (Å²) in [6.07, 6.45) is -0.319. The molecule has 1 aromatic carbocycles. The van der Waals surface area contributed by atoms with Crippen LogP contribution in [0.25, 0.3) is 0 Å². The number of halogens is 3. The monoisotopic (exact) mass is 660 g/mol. The van der Waals surface area contributed by atoms with Crippen molar-refractivity contribution in [2.45, 2.75) is 81.8 Å². The normalized spacial score (nSPS) is 24.4. The van der Waals surface area contributed by atoms with Crippen molar-refractivity contribution in [2.75, 3.05) is 38.3 Å². The van der Waals surface area contributed by atoms with Gasteiger partial charge in [0, 0.05) is 38.1 Å². The number of alkyl halides is 3. The first-order valence-electron chi connectivity index (χ1n) is 15.8. The van der Waals surface area contributed by atoms with Gasteiger partial charge in [0.1, 0.15) is 18.1 Å². The van der Waals surface area contributed by atoms with E-state index in [-0.39, 0.29) is 19.2 Å². The van der Waals surface area contributed by atoms with E-state index < -0.39 is 47.6 Å². The second-order valence-electron chi connectivity index (χ2n) is 12.4. The van der Waals surface area contributed by atoms with Crippen LogP contribution in [-0.4, -0.2) is 98.8 Å². The molecule has 3 fully saturated rings. The second-order valence-corrected chi connectivity index (χ2v) is 12.4. The molecule has 2 saturated heterocycles. The van der Waals surface area contributed by atoms with Gasteiger partial charge in [-0.25, -0.2) is 14.6 Å². The number of nitrogens with zero attached hydrogens (tertiary/aromatic N) is 6. The first kappa shape index (κ1) is 33.1. The number of methoxy groups -OCH3 is 1. The zero-order valence-electron chi connectivity index (χ0n) is 26.2. The third kappa shape index (κ3) is 7.53. The number of benzene rings is 1. The maximum absolute atomic E-state index is 14.0. The van der Waals surface area contributed by atoms with E-state index in [1.807, 2.05) is 22.2 Å². The van der Waals surface area contributed by atoms with Gasteiger partial charge in [-0.3, -0.25) is 9.69 Å². The van der Waals surface area contributed by atoms with Crippen molar-refractivity contribution in [2.24, 2.45) is 0 Å². The first-order valence-corrected chi connectivity index (χ1v) is 15.8. The van der Waals surface area contributed by atoms with Gasteiger partial charge < -0.3 is 29.3 Å². The van der Waals surface area contributed by atoms with E-state index in [2.05, 4.69) is 15.1 Å². The summed E-state index contributed by atoms with van der Waals surface area (Å²) in [5, 5.41) is 26.0. The number of aliphatic hydroxyl groups excluding tert-OH is 2. The Bertz CT molecular complexity index is 1570. The molecule has 0 unspecified atom stereocenters. The van der Waals surface area contributed by atoms with Crippen LogP contribution < -0.4 is 19.9 Å². The Labute approximate surface area is 269 Å². The van der Waals surface area contributed by atoms with E-state index in [1.54, 1.807) is 24.3 Å². The minimum absolute atomic E-state index is 0.142. The van der Waals surface area contributed by atoms with E-state index >= 15 is 0 Å². The van der Waals surface area contributed by atoms with E-state index in [4.69, 9.17) is 14.2 Å². The summed E-state index contributed by atoms with van der Waals surface area (Å²) in [7, 11) is 1.49. The van der Waals surface area contributed by atoms with Crippen LogP contribution in [0.3, 0.4) is 0 Å². The topological polar surface area (TPSA) is 135 Å². The van der Waals surface area contributed by atoms with Crippen LogP contribution in [0, 0.1) is 0 Å². The number of hydrogen-bond donors (Lipinski definition) is 2. The van der Waals surface area contributed by atoms with Crippen molar-refractivity contribution >= 4 is 5.95 Å². The SMILES string of the molecule is COc1ccc(Cn2ncc(O[C@@H](C)CO[C@@H]3CCN([C@@H]4CCN(c5ncc(C6CC6)cn5)C[C@H]4O)[C@@H]3O)c(C(F)(F)F)c2=O)cc1. The summed E-state index contributed by atoms with van der Waals surface area (Å²) in [5.74, 6) is 1.01. The second kappa shape index (κ2) is 13.7. The van der Waals surface area contributed by atoms with Crippen molar-refractivity contribution in [1.82, 2.24) is 24.6 Å². The number of likely N-dealkylation sites (tertiary alicyclic amines) is 1. The van der Waals surface area contributed by atoms with Crippen molar-refractivity contribution < 1.29 is 37.6 Å². The van der Waals surface area contributed by atoms with Gasteiger partial charge in [-0.15, -0.1) is 0 Å². The molecule has 2 N–H and O–H groups in total. The lowest BCUT2D eigenvalue weighted by Crippen LogP contribution is -2.56. The zero-order chi connectivity index (χ0) is 33.3. The van der Waals surface area contributed by atoms with Crippen molar-refractivity contribution in [3.63, 3.8) is 0 Å². The molecule has 15 heteroatoms. The molecule has 2 aromatic heterocycles. The largest absolute Gasteiger partial charge is 0.497 e. The van der Waals surface area contributed by atoms with Crippen LogP contribution in [0.2, 0.25) is 0 Å². The van der Waals surface area contributed by atoms with E-state index in [9.17, 15) is 28.2 Å². The van der Waals surface area contributed by atoms with Gasteiger partial charge in [-0.1, -0.05) is 12.1 Å². The van der Waals surface area contributed by atoms with Crippen molar-refractivity contribution in [3.05, 3.63) is 69.9 Å². The Morgan fingerprint density at radius 2 is 1.74 bits per heavy atom. The highest BCUT2D eigenvalue weighted by atomic mass is 19.4. The van der Waals surface area contributed by atoms with E-state index in [0.29, 0.717) is 55.7 Å². The van der Waals surface area contributed by atoms with Gasteiger partial charge in [0.15, 0.2) is 11.3 Å². The van der Waals surface area contributed by atoms with E-state index in [1.165, 1.54) is 26.9 Å². The lowest BCUT2D eigenvalue weighted by Gasteiger charge is -2.41. The molecule has 47 heavy (non-hydrogen) atoms. The quantitative estimate of drug-likeness (QED) is 0.315. The number of β-amino-alcohol motifs (C(OH)–C–C–N with tert-alkyl or cyclic N) is 1. The van der Waals surface area contributed by atoms with Crippen LogP contribution in [-0.2, 0) is 17.5 Å². The van der Waals surface area contributed by atoms with Gasteiger partial charge >= 0.3 is 6.18 Å². The Balaban J connectivity index is 1.03. The lowest BCUT2D eigenvalue weighted by molar-refractivity contribution is -0.141. The molecule has 1 aliphatic carbocycles. The van der Waals surface area contributed by atoms with Gasteiger partial charge in [0.25, 0.3) is 5.56 Å². The smallest absolute Gasteiger partial charge is 0.425 e. The van der Waals surface area contributed by atoms with E-state index in [0.717, 1.165) is 16.4 Å². The summed E-state index contributed by atoms with van der Waals surface area (Å²) >= 11 is 0. The van der Waals surface area contributed by atoms with Crippen molar-refractivity contribution in [3.8, 4) is 11.5 Å². The zero-order valence-corrected chi connectivity index (χ0v) is 26.2. The highest BCUT2D eigenvalue weighted by Gasteiger charge is 2.43. The fourth-order valence-electron chi connectivity index (χ4n) is 6.26. The summed E-state index contributed by atoms with van der Waals surface area (Å²) < 4.78 is 59.4. The molecule has 6 rings (SSSR count). The lowest BCUT2D eigenvalue weighted by atomic mass is 10.0. The summed E-state index contributed by atoms with van der Waals surface area (Å²) in [4.78, 5) is 25.6. The Morgan fingerprint density at radius 3 is 2.38 bits per heavy atom. The third-order valence-electron chi connectivity index (χ3n) is 8.96. The highest BCUT2D eigenvalue weighted by Crippen LogP contribution is 2.39. The summed E-state index contributed by atoms with van der Waals surface area (Å²) in [5.41, 5.74) is -1.07. The van der Waals surface area contributed by atoms with Crippen molar-refractivity contribution in [1.29, 1.82) is 0 Å². The molecule has 0 spiro atoms. The summed E-state index contributed by atoms with van der Waals surface area (Å²) in [6.45, 7) is 2.61. The molecule has 1 saturated carbocycles. The van der Waals surface area contributed by atoms with Crippen LogP contribution in [0.4, 0.5) is 19.1 Å². The van der Waals surface area contributed by atoms with Gasteiger partial charge in [-0.2, -0.15) is 18.3 Å². The number of rotatable bonds is 11. The molecule has 12 nitrogen and oxygen atoms in total. The standard InChI is InChI=1S/C32H39F3N6O6/c1-19(47-27-15-38-41(30(44)28(27)32(33,34)35)16-20-3-7-23(45-2)8-4-20)18-46-26-10-12-40(29(26)43)24-9-11-39(17-25(24)42)31-36-13-22(14-37-31)21-5-6-21/h3-4,7-8,13-15,19,21,24-26,29,42-43H,5-6,9-12,16-18H2,1-2H3/t19-,24+,25+,26+,29+/m0/s1. The minimum atomic E-state index is -4.98. The average molecular weight is 661 g/mol. The molecule has 3 aliphatic rings. The number of aromatic nitrogens is 4. The molecule has 0 amide bonds. The molecule has 0 bridgehead atoms. The predicted molar refractivity (Wildman–Crippen MR) is 163 cm³/mol. The average Bonchev–Trinajstić information content (AvgIpc) is 3.84. The summed E-state index contributed by atoms with van der Waals surface area (Å²) in [6, 6.07) is 6.24. The number of ether oxygens (including phenoxy) is 3. The molecule has 4 heterocycles. The van der Waals surface area contributed by atoms with Crippen LogP contribution in [0.5, 0.6) is 11.5 Å². The third-order valence-corrected chi connectivity index (χ3v) is 8.96. The van der Waals surface area contributed by atoms with Crippen LogP contribution in [0.1, 0.15) is 55.2 Å². The molecule has 254 valence electrons. The molecule has 0 radical (unpaired) electrons. The number of anilines is 1. The molecular weight excluding hydrogens is 621 g/mol. The fraction of sp³-hybridized carbons (Fsp3) is 0.562. The number of piperidine rings is 1. The minimum Gasteiger partial charge on any atom is -0.497 e. The van der Waals surface area contributed by atoms with Crippen LogP contribution >= 0.6 is 0 Å². The first-order chi connectivity index (χ1) is 22.5. The highest BCUT2D eigenvalue weighted by molar-refractivity contribution is 5.34. The molecule has 2 aliphatic heterocycles. The fourth-order valence-corrected chi connectivity index (χ4v) is 6.26. The number of hydrogen-bond acceptors (Lipinski definition) is 11. The Hall–Kier alpha value is -3.79. The van der Waals surface area contributed by atoms with Gasteiger partial charge in [-0.05, 0) is 61.8 Å². The van der Waals surface area contributed by atoms with Crippen LogP contribution in [0.15, 0.2) is 47.7 Å². The molecular formula is C32H39F3N6O6. The van der Waals surface area contributed by atoms with Gasteiger partial charge in [0.05, 0.1) is 38.7 Å².